The van der Waals surface area contributed by atoms with Crippen LogP contribution < -0.4 is 14.8 Å². The van der Waals surface area contributed by atoms with Crippen LogP contribution in [-0.4, -0.2) is 49.1 Å². The molecule has 0 saturated carbocycles. The van der Waals surface area contributed by atoms with Gasteiger partial charge in [-0.05, 0) is 48.7 Å². The van der Waals surface area contributed by atoms with E-state index in [4.69, 9.17) is 21.1 Å². The van der Waals surface area contributed by atoms with E-state index in [-0.39, 0.29) is 23.5 Å². The number of hydrogen-bond donors (Lipinski definition) is 2. The summed E-state index contributed by atoms with van der Waals surface area (Å²) in [6.07, 6.45) is 4.27. The smallest absolute Gasteiger partial charge is 0.246 e. The Labute approximate surface area is 186 Å². The summed E-state index contributed by atoms with van der Waals surface area (Å²) in [5.41, 5.74) is 1.11. The minimum Gasteiger partial charge on any atom is -0.506 e. The number of anilines is 1. The first kappa shape index (κ1) is 22.5. The number of likely N-dealkylation sites (tertiary alicyclic amines) is 1. The Hall–Kier alpha value is -3.19. The summed E-state index contributed by atoms with van der Waals surface area (Å²) in [6.45, 7) is 0.962. The second-order valence-electron chi connectivity index (χ2n) is 7.18. The molecule has 1 fully saturated rings. The van der Waals surface area contributed by atoms with Gasteiger partial charge in [0, 0.05) is 25.1 Å². The third-order valence-corrected chi connectivity index (χ3v) is 5.49. The van der Waals surface area contributed by atoms with Gasteiger partial charge in [0.25, 0.3) is 0 Å². The molecule has 1 aliphatic rings. The molecule has 164 valence electrons. The lowest BCUT2D eigenvalue weighted by Gasteiger charge is -2.30. The van der Waals surface area contributed by atoms with Gasteiger partial charge in [-0.1, -0.05) is 23.7 Å². The van der Waals surface area contributed by atoms with Crippen molar-refractivity contribution in [1.82, 2.24) is 4.90 Å². The Kier molecular flexibility index (Phi) is 7.41. The number of halogens is 1. The van der Waals surface area contributed by atoms with Gasteiger partial charge >= 0.3 is 0 Å². The van der Waals surface area contributed by atoms with Crippen molar-refractivity contribution in [2.75, 3.05) is 32.6 Å². The minimum atomic E-state index is -0.211. The van der Waals surface area contributed by atoms with E-state index in [1.54, 1.807) is 41.3 Å². The maximum Gasteiger partial charge on any atom is 0.246 e. The molecule has 3 rings (SSSR count). The molecular weight excluding hydrogens is 420 g/mol. The highest BCUT2D eigenvalue weighted by Crippen LogP contribution is 2.36. The number of ether oxygens (including phenoxy) is 2. The third-order valence-electron chi connectivity index (χ3n) is 5.21. The maximum atomic E-state index is 12.6. The first-order chi connectivity index (χ1) is 14.9. The van der Waals surface area contributed by atoms with E-state index in [0.29, 0.717) is 53.7 Å². The zero-order valence-electron chi connectivity index (χ0n) is 17.4. The van der Waals surface area contributed by atoms with E-state index < -0.39 is 0 Å². The summed E-state index contributed by atoms with van der Waals surface area (Å²) < 4.78 is 10.5. The number of hydrogen-bond acceptors (Lipinski definition) is 5. The number of benzene rings is 2. The molecule has 0 spiro atoms. The van der Waals surface area contributed by atoms with Crippen LogP contribution in [0.1, 0.15) is 18.4 Å². The zero-order valence-corrected chi connectivity index (χ0v) is 18.2. The van der Waals surface area contributed by atoms with Crippen molar-refractivity contribution in [3.63, 3.8) is 0 Å². The van der Waals surface area contributed by atoms with Crippen LogP contribution >= 0.6 is 11.6 Å². The largest absolute Gasteiger partial charge is 0.506 e. The van der Waals surface area contributed by atoms with Crippen molar-refractivity contribution in [2.24, 2.45) is 5.92 Å². The second kappa shape index (κ2) is 10.2. The molecule has 2 amide bonds. The quantitative estimate of drug-likeness (QED) is 0.520. The lowest BCUT2D eigenvalue weighted by atomic mass is 9.95. The number of nitrogens with one attached hydrogen (secondary N) is 1. The van der Waals surface area contributed by atoms with Crippen molar-refractivity contribution in [3.8, 4) is 17.2 Å². The normalized spacial score (nSPS) is 14.5. The predicted molar refractivity (Wildman–Crippen MR) is 120 cm³/mol. The number of phenols is 1. The van der Waals surface area contributed by atoms with Gasteiger partial charge in [-0.15, -0.1) is 0 Å². The monoisotopic (exact) mass is 444 g/mol. The summed E-state index contributed by atoms with van der Waals surface area (Å²) >= 11 is 6.20. The van der Waals surface area contributed by atoms with Crippen molar-refractivity contribution in [1.29, 1.82) is 0 Å². The average molecular weight is 445 g/mol. The van der Waals surface area contributed by atoms with E-state index in [2.05, 4.69) is 5.32 Å². The molecule has 0 bridgehead atoms. The highest BCUT2D eigenvalue weighted by Gasteiger charge is 2.27. The van der Waals surface area contributed by atoms with E-state index >= 15 is 0 Å². The van der Waals surface area contributed by atoms with Gasteiger partial charge in [-0.25, -0.2) is 0 Å². The van der Waals surface area contributed by atoms with Crippen LogP contribution in [-0.2, 0) is 9.59 Å². The molecule has 0 aliphatic carbocycles. The van der Waals surface area contributed by atoms with Crippen LogP contribution in [0.3, 0.4) is 0 Å². The molecule has 2 aromatic carbocycles. The van der Waals surface area contributed by atoms with Crippen LogP contribution in [0.15, 0.2) is 42.5 Å². The Bertz CT molecular complexity index is 984. The average Bonchev–Trinajstić information content (AvgIpc) is 2.78. The van der Waals surface area contributed by atoms with E-state index in [9.17, 15) is 14.7 Å². The number of carbonyl (C=O) groups is 2. The number of para-hydroxylation sites is 2. The van der Waals surface area contributed by atoms with Crippen LogP contribution in [0, 0.1) is 5.92 Å². The van der Waals surface area contributed by atoms with E-state index in [1.807, 2.05) is 0 Å². The first-order valence-corrected chi connectivity index (χ1v) is 10.3. The number of rotatable bonds is 6. The minimum absolute atomic E-state index is 0.0314. The van der Waals surface area contributed by atoms with E-state index in [1.165, 1.54) is 26.4 Å². The summed E-state index contributed by atoms with van der Waals surface area (Å²) in [4.78, 5) is 26.8. The number of aromatic hydroxyl groups is 1. The molecule has 31 heavy (non-hydrogen) atoms. The van der Waals surface area contributed by atoms with Crippen LogP contribution in [0.4, 0.5) is 5.69 Å². The van der Waals surface area contributed by atoms with Gasteiger partial charge < -0.3 is 24.8 Å². The molecule has 0 unspecified atom stereocenters. The molecule has 0 radical (unpaired) electrons. The number of phenolic OH excluding ortho intramolecular Hbond substituents is 1. The maximum absolute atomic E-state index is 12.6. The zero-order chi connectivity index (χ0) is 22.4. The fourth-order valence-electron chi connectivity index (χ4n) is 3.48. The fourth-order valence-corrected chi connectivity index (χ4v) is 3.78. The molecule has 0 aromatic heterocycles. The van der Waals surface area contributed by atoms with Crippen LogP contribution in [0.5, 0.6) is 17.2 Å². The topological polar surface area (TPSA) is 88.1 Å². The van der Waals surface area contributed by atoms with Gasteiger partial charge in [0.2, 0.25) is 11.8 Å². The van der Waals surface area contributed by atoms with Gasteiger partial charge in [-0.2, -0.15) is 0 Å². The highest BCUT2D eigenvalue weighted by molar-refractivity contribution is 6.32. The van der Waals surface area contributed by atoms with Crippen molar-refractivity contribution >= 4 is 35.2 Å². The molecule has 1 heterocycles. The number of piperidine rings is 1. The summed E-state index contributed by atoms with van der Waals surface area (Å²) in [6, 6.07) is 10.0. The standard InChI is InChI=1S/C23H25ClN2O5/c1-30-20-14-15(13-17(24)22(20)31-2)7-8-21(28)26-11-9-16(10-12-26)23(29)25-18-5-3-4-6-19(18)27/h3-8,13-14,16,27H,9-12H2,1-2H3,(H,25,29)/b8-7+. The number of amides is 2. The molecule has 2 N–H and O–H groups in total. The number of carbonyl (C=O) groups excluding carboxylic acids is 2. The summed E-state index contributed by atoms with van der Waals surface area (Å²) in [5.74, 6) is 0.464. The molecule has 0 atom stereocenters. The van der Waals surface area contributed by atoms with Gasteiger partial charge in [-0.3, -0.25) is 9.59 Å². The lowest BCUT2D eigenvalue weighted by molar-refractivity contribution is -0.130. The van der Waals surface area contributed by atoms with Crippen LogP contribution in [0.2, 0.25) is 5.02 Å². The van der Waals surface area contributed by atoms with Crippen LogP contribution in [0.25, 0.3) is 6.08 Å². The molecule has 1 aliphatic heterocycles. The van der Waals surface area contributed by atoms with Crippen molar-refractivity contribution < 1.29 is 24.2 Å². The Morgan fingerprint density at radius 3 is 2.52 bits per heavy atom. The number of methoxy groups -OCH3 is 2. The van der Waals surface area contributed by atoms with Crippen molar-refractivity contribution in [2.45, 2.75) is 12.8 Å². The Balaban J connectivity index is 1.56. The molecular formula is C23H25ClN2O5. The highest BCUT2D eigenvalue weighted by atomic mass is 35.5. The fraction of sp³-hybridized carbons (Fsp3) is 0.304. The van der Waals surface area contributed by atoms with Gasteiger partial charge in [0.15, 0.2) is 11.5 Å². The number of nitrogens with zero attached hydrogens (tertiary/aromatic N) is 1. The molecule has 7 nitrogen and oxygen atoms in total. The molecule has 2 aromatic rings. The molecule has 1 saturated heterocycles. The molecule has 8 heteroatoms. The van der Waals surface area contributed by atoms with Gasteiger partial charge in [0.05, 0.1) is 24.9 Å². The Morgan fingerprint density at radius 2 is 1.87 bits per heavy atom. The lowest BCUT2D eigenvalue weighted by Crippen LogP contribution is -2.40. The summed E-state index contributed by atoms with van der Waals surface area (Å²) in [5, 5.41) is 13.0. The SMILES string of the molecule is COc1cc(/C=C/C(=O)N2CCC(C(=O)Nc3ccccc3O)CC2)cc(Cl)c1OC. The van der Waals surface area contributed by atoms with Gasteiger partial charge in [0.1, 0.15) is 5.75 Å². The van der Waals surface area contributed by atoms with Crippen molar-refractivity contribution in [3.05, 3.63) is 53.1 Å². The van der Waals surface area contributed by atoms with E-state index in [0.717, 1.165) is 0 Å². The third kappa shape index (κ3) is 5.49. The first-order valence-electron chi connectivity index (χ1n) is 9.90. The predicted octanol–water partition coefficient (Wildman–Crippen LogP) is 3.95. The second-order valence-corrected chi connectivity index (χ2v) is 7.58. The summed E-state index contributed by atoms with van der Waals surface area (Å²) in [7, 11) is 3.03. The Morgan fingerprint density at radius 1 is 1.16 bits per heavy atom.